The summed E-state index contributed by atoms with van der Waals surface area (Å²) in [6, 6.07) is 8.39. The highest BCUT2D eigenvalue weighted by Crippen LogP contribution is 2.52. The molecule has 0 radical (unpaired) electrons. The number of nitrogens with one attached hydrogen (secondary N) is 1. The molecule has 21 heavy (non-hydrogen) atoms. The third-order valence-electron chi connectivity index (χ3n) is 4.79. The van der Waals surface area contributed by atoms with Gasteiger partial charge in [-0.2, -0.15) is 0 Å². The minimum Gasteiger partial charge on any atom is -0.321 e. The van der Waals surface area contributed by atoms with Gasteiger partial charge in [0.25, 0.3) is 0 Å². The summed E-state index contributed by atoms with van der Waals surface area (Å²) in [6.45, 7) is 7.88. The van der Waals surface area contributed by atoms with Crippen molar-refractivity contribution in [3.63, 3.8) is 0 Å². The van der Waals surface area contributed by atoms with Crippen LogP contribution in [0, 0.1) is 14.4 Å². The van der Waals surface area contributed by atoms with E-state index in [0.29, 0.717) is 11.5 Å². The molecule has 1 heterocycles. The number of fused-ring (bicyclic) bond motifs is 2. The summed E-state index contributed by atoms with van der Waals surface area (Å²) in [5, 5.41) is 3.09. The van der Waals surface area contributed by atoms with Crippen LogP contribution in [0.25, 0.3) is 0 Å². The number of rotatable bonds is 1. The van der Waals surface area contributed by atoms with E-state index in [2.05, 4.69) is 53.6 Å². The molecule has 3 nitrogen and oxygen atoms in total. The number of urea groups is 1. The summed E-state index contributed by atoms with van der Waals surface area (Å²) in [7, 11) is 0. The maximum absolute atomic E-state index is 12.7. The van der Waals surface area contributed by atoms with E-state index in [1.165, 1.54) is 6.42 Å². The smallest absolute Gasteiger partial charge is 0.321 e. The minimum atomic E-state index is 0.0607. The van der Waals surface area contributed by atoms with Gasteiger partial charge in [-0.1, -0.05) is 32.9 Å². The maximum atomic E-state index is 12.7. The summed E-state index contributed by atoms with van der Waals surface area (Å²) in [4.78, 5) is 14.7. The van der Waals surface area contributed by atoms with Crippen molar-refractivity contribution >= 4 is 34.3 Å². The molecule has 3 rings (SSSR count). The zero-order valence-electron chi connectivity index (χ0n) is 12.9. The molecule has 1 N–H and O–H groups in total. The van der Waals surface area contributed by atoms with Crippen molar-refractivity contribution in [2.24, 2.45) is 10.8 Å². The number of anilines is 1. The minimum absolute atomic E-state index is 0.0607. The quantitative estimate of drug-likeness (QED) is 0.682. The molecule has 0 aromatic heterocycles. The van der Waals surface area contributed by atoms with E-state index < -0.39 is 0 Å². The highest BCUT2D eigenvalue weighted by Gasteiger charge is 2.51. The van der Waals surface area contributed by atoms with Gasteiger partial charge in [0, 0.05) is 16.2 Å². The van der Waals surface area contributed by atoms with E-state index in [9.17, 15) is 4.79 Å². The van der Waals surface area contributed by atoms with Crippen molar-refractivity contribution < 1.29 is 4.79 Å². The van der Waals surface area contributed by atoms with Gasteiger partial charge in [0.1, 0.15) is 0 Å². The van der Waals surface area contributed by atoms with Crippen molar-refractivity contribution in [2.45, 2.75) is 46.1 Å². The fourth-order valence-electron chi connectivity index (χ4n) is 4.45. The molecule has 2 unspecified atom stereocenters. The Morgan fingerprint density at radius 2 is 2.00 bits per heavy atom. The average molecular weight is 398 g/mol. The first kappa shape index (κ1) is 15.1. The second-order valence-corrected chi connectivity index (χ2v) is 8.91. The fourth-order valence-corrected chi connectivity index (χ4v) is 4.97. The van der Waals surface area contributed by atoms with E-state index in [1.54, 1.807) is 0 Å². The van der Waals surface area contributed by atoms with Gasteiger partial charge in [-0.3, -0.25) is 0 Å². The lowest BCUT2D eigenvalue weighted by Crippen LogP contribution is -2.40. The van der Waals surface area contributed by atoms with Crippen LogP contribution in [0.3, 0.4) is 0 Å². The average Bonchev–Trinajstić information content (AvgIpc) is 2.61. The number of amides is 2. The van der Waals surface area contributed by atoms with Crippen LogP contribution in [0.4, 0.5) is 10.5 Å². The van der Waals surface area contributed by atoms with E-state index in [4.69, 9.17) is 0 Å². The van der Waals surface area contributed by atoms with Gasteiger partial charge in [0.2, 0.25) is 0 Å². The zero-order valence-corrected chi connectivity index (χ0v) is 15.1. The fraction of sp³-hybridized carbons (Fsp3) is 0.588. The monoisotopic (exact) mass is 398 g/mol. The van der Waals surface area contributed by atoms with Gasteiger partial charge in [0.15, 0.2) is 0 Å². The molecule has 0 spiro atoms. The standard InChI is InChI=1S/C17H23IN2O/c1-16(2)8-12-9-17(3,10-16)11-20(12)15(21)19-14-7-5-4-6-13(14)18/h4-7,12H,8-11H2,1-3H3,(H,19,21). The summed E-state index contributed by atoms with van der Waals surface area (Å²) in [5.74, 6) is 0. The molecule has 1 aromatic carbocycles. The van der Waals surface area contributed by atoms with Crippen molar-refractivity contribution in [2.75, 3.05) is 11.9 Å². The van der Waals surface area contributed by atoms with Gasteiger partial charge in [-0.25, -0.2) is 4.79 Å². The van der Waals surface area contributed by atoms with Gasteiger partial charge in [-0.05, 0) is 64.8 Å². The molecule has 2 atom stereocenters. The van der Waals surface area contributed by atoms with Crippen molar-refractivity contribution in [3.05, 3.63) is 27.8 Å². The largest absolute Gasteiger partial charge is 0.322 e. The number of hydrogen-bond donors (Lipinski definition) is 1. The zero-order chi connectivity index (χ0) is 15.3. The molecule has 1 aliphatic heterocycles. The van der Waals surface area contributed by atoms with Crippen LogP contribution in [0.1, 0.15) is 40.0 Å². The normalized spacial score (nSPS) is 30.3. The summed E-state index contributed by atoms with van der Waals surface area (Å²) in [6.07, 6.45) is 3.47. The second kappa shape index (κ2) is 5.14. The molecule has 2 amide bonds. The number of para-hydroxylation sites is 1. The predicted molar refractivity (Wildman–Crippen MR) is 94.4 cm³/mol. The predicted octanol–water partition coefficient (Wildman–Crippen LogP) is 4.72. The number of nitrogens with zero attached hydrogens (tertiary/aromatic N) is 1. The first-order chi connectivity index (χ1) is 9.78. The van der Waals surface area contributed by atoms with Crippen LogP contribution in [0.2, 0.25) is 0 Å². The Balaban J connectivity index is 1.76. The Morgan fingerprint density at radius 1 is 1.29 bits per heavy atom. The highest BCUT2D eigenvalue weighted by atomic mass is 127. The number of carbonyl (C=O) groups is 1. The Hall–Kier alpha value is -0.780. The van der Waals surface area contributed by atoms with Gasteiger partial charge >= 0.3 is 6.03 Å². The lowest BCUT2D eigenvalue weighted by Gasteiger charge is -2.39. The molecule has 1 saturated heterocycles. The summed E-state index contributed by atoms with van der Waals surface area (Å²) in [5.41, 5.74) is 1.54. The van der Waals surface area contributed by atoms with Crippen molar-refractivity contribution in [3.8, 4) is 0 Å². The van der Waals surface area contributed by atoms with E-state index in [0.717, 1.165) is 28.6 Å². The molecule has 2 aliphatic rings. The van der Waals surface area contributed by atoms with Crippen LogP contribution < -0.4 is 5.32 Å². The molecule has 2 fully saturated rings. The third kappa shape index (κ3) is 3.05. The molecular weight excluding hydrogens is 375 g/mol. The summed E-state index contributed by atoms with van der Waals surface area (Å²) >= 11 is 2.26. The first-order valence-corrected chi connectivity index (χ1v) is 8.68. The van der Waals surface area contributed by atoms with Crippen molar-refractivity contribution in [1.82, 2.24) is 4.90 Å². The van der Waals surface area contributed by atoms with E-state index >= 15 is 0 Å². The number of likely N-dealkylation sites (tertiary alicyclic amines) is 1. The topological polar surface area (TPSA) is 32.3 Å². The second-order valence-electron chi connectivity index (χ2n) is 7.75. The summed E-state index contributed by atoms with van der Waals surface area (Å²) < 4.78 is 1.08. The molecule has 1 aliphatic carbocycles. The third-order valence-corrected chi connectivity index (χ3v) is 5.73. The van der Waals surface area contributed by atoms with Crippen molar-refractivity contribution in [1.29, 1.82) is 0 Å². The number of hydrogen-bond acceptors (Lipinski definition) is 1. The highest BCUT2D eigenvalue weighted by molar-refractivity contribution is 14.1. The van der Waals surface area contributed by atoms with Crippen LogP contribution in [-0.4, -0.2) is 23.5 Å². The first-order valence-electron chi connectivity index (χ1n) is 7.60. The molecule has 114 valence electrons. The Labute approximate surface area is 140 Å². The lowest BCUT2D eigenvalue weighted by atomic mass is 9.65. The molecule has 1 aromatic rings. The van der Waals surface area contributed by atoms with Gasteiger partial charge < -0.3 is 10.2 Å². The van der Waals surface area contributed by atoms with E-state index in [1.807, 2.05) is 24.3 Å². The van der Waals surface area contributed by atoms with Crippen LogP contribution in [0.15, 0.2) is 24.3 Å². The van der Waals surface area contributed by atoms with Crippen LogP contribution in [0.5, 0.6) is 0 Å². The Kier molecular flexibility index (Phi) is 3.71. The Bertz CT molecular complexity index is 572. The molecular formula is C17H23IN2O. The lowest BCUT2D eigenvalue weighted by molar-refractivity contribution is 0.130. The van der Waals surface area contributed by atoms with Gasteiger partial charge in [-0.15, -0.1) is 0 Å². The molecule has 1 saturated carbocycles. The van der Waals surface area contributed by atoms with E-state index in [-0.39, 0.29) is 11.4 Å². The number of benzene rings is 1. The van der Waals surface area contributed by atoms with Crippen LogP contribution >= 0.6 is 22.6 Å². The van der Waals surface area contributed by atoms with Crippen LogP contribution in [-0.2, 0) is 0 Å². The maximum Gasteiger partial charge on any atom is 0.322 e. The molecule has 4 heteroatoms. The Morgan fingerprint density at radius 3 is 2.71 bits per heavy atom. The molecule has 2 bridgehead atoms. The number of halogens is 1. The van der Waals surface area contributed by atoms with Gasteiger partial charge in [0.05, 0.1) is 5.69 Å². The SMILES string of the molecule is CC1(C)CC2CC(C)(CN2C(=O)Nc2ccccc2I)C1. The number of carbonyl (C=O) groups excluding carboxylic acids is 1.